The monoisotopic (exact) mass is 297 g/mol. The van der Waals surface area contributed by atoms with Gasteiger partial charge in [-0.15, -0.1) is 0 Å². The Morgan fingerprint density at radius 2 is 2.15 bits per heavy atom. The summed E-state index contributed by atoms with van der Waals surface area (Å²) < 4.78 is 14.0. The fourth-order valence-corrected chi connectivity index (χ4v) is 3.80. The molecule has 0 aromatic heterocycles. The van der Waals surface area contributed by atoms with Crippen molar-refractivity contribution in [3.63, 3.8) is 0 Å². The van der Waals surface area contributed by atoms with Crippen molar-refractivity contribution in [1.82, 2.24) is 5.32 Å². The van der Waals surface area contributed by atoms with Gasteiger partial charge in [0.25, 0.3) is 0 Å². The lowest BCUT2D eigenvalue weighted by molar-refractivity contribution is 0.101. The average molecular weight is 298 g/mol. The van der Waals surface area contributed by atoms with Gasteiger partial charge in [-0.3, -0.25) is 0 Å². The van der Waals surface area contributed by atoms with E-state index in [1.165, 1.54) is 31.7 Å². The van der Waals surface area contributed by atoms with Gasteiger partial charge in [-0.25, -0.2) is 4.39 Å². The van der Waals surface area contributed by atoms with Crippen molar-refractivity contribution in [2.45, 2.75) is 52.0 Å². The third-order valence-corrected chi connectivity index (χ3v) is 5.14. The molecule has 0 amide bonds. The number of benzene rings is 1. The quantitative estimate of drug-likeness (QED) is 0.839. The van der Waals surface area contributed by atoms with Gasteiger partial charge in [0.15, 0.2) is 0 Å². The minimum atomic E-state index is -0.189. The van der Waals surface area contributed by atoms with Crippen molar-refractivity contribution in [3.8, 4) is 0 Å². The molecule has 1 aliphatic rings. The van der Waals surface area contributed by atoms with Gasteiger partial charge in [-0.05, 0) is 55.3 Å². The van der Waals surface area contributed by atoms with Crippen molar-refractivity contribution in [2.24, 2.45) is 11.3 Å². The maximum Gasteiger partial charge on any atom is 0.127 e. The number of hydrogen-bond donors (Lipinski definition) is 1. The maximum atomic E-state index is 14.0. The summed E-state index contributed by atoms with van der Waals surface area (Å²) in [5, 5.41) is 3.88. The van der Waals surface area contributed by atoms with E-state index in [0.29, 0.717) is 22.4 Å². The second kappa shape index (κ2) is 6.44. The van der Waals surface area contributed by atoms with Gasteiger partial charge in [-0.1, -0.05) is 44.4 Å². The molecule has 0 radical (unpaired) electrons. The van der Waals surface area contributed by atoms with Crippen LogP contribution in [0.3, 0.4) is 0 Å². The van der Waals surface area contributed by atoms with Crippen LogP contribution >= 0.6 is 11.6 Å². The fraction of sp³-hybridized carbons (Fsp3) is 0.647. The van der Waals surface area contributed by atoms with E-state index in [9.17, 15) is 4.39 Å². The van der Waals surface area contributed by atoms with Crippen LogP contribution in [0.2, 0.25) is 5.02 Å². The van der Waals surface area contributed by atoms with Crippen molar-refractivity contribution < 1.29 is 4.39 Å². The van der Waals surface area contributed by atoms with E-state index in [4.69, 9.17) is 11.6 Å². The summed E-state index contributed by atoms with van der Waals surface area (Å²) in [4.78, 5) is 0. The molecule has 2 rings (SSSR count). The molecule has 20 heavy (non-hydrogen) atoms. The van der Waals surface area contributed by atoms with Crippen LogP contribution < -0.4 is 5.32 Å². The molecule has 0 heterocycles. The zero-order valence-electron chi connectivity index (χ0n) is 12.7. The van der Waals surface area contributed by atoms with Gasteiger partial charge in [0.05, 0.1) is 0 Å². The van der Waals surface area contributed by atoms with E-state index in [1.54, 1.807) is 6.07 Å². The van der Waals surface area contributed by atoms with Crippen LogP contribution in [0.5, 0.6) is 0 Å². The summed E-state index contributed by atoms with van der Waals surface area (Å²) in [7, 11) is 1.99. The highest BCUT2D eigenvalue weighted by Gasteiger charge is 2.37. The second-order valence-corrected chi connectivity index (χ2v) is 7.11. The summed E-state index contributed by atoms with van der Waals surface area (Å²) in [6, 6.07) is 5.33. The third-order valence-electron chi connectivity index (χ3n) is 4.90. The smallest absolute Gasteiger partial charge is 0.127 e. The van der Waals surface area contributed by atoms with E-state index in [-0.39, 0.29) is 5.82 Å². The van der Waals surface area contributed by atoms with E-state index >= 15 is 0 Å². The Balaban J connectivity index is 2.15. The lowest BCUT2D eigenvalue weighted by Gasteiger charge is -2.43. The fourth-order valence-electron chi connectivity index (χ4n) is 3.64. The van der Waals surface area contributed by atoms with E-state index in [2.05, 4.69) is 19.2 Å². The molecule has 112 valence electrons. The molecule has 0 spiro atoms. The molecule has 1 saturated carbocycles. The first-order chi connectivity index (χ1) is 9.44. The summed E-state index contributed by atoms with van der Waals surface area (Å²) in [5.41, 5.74) is 1.09. The molecule has 1 fully saturated rings. The Morgan fingerprint density at radius 3 is 2.75 bits per heavy atom. The van der Waals surface area contributed by atoms with Crippen LogP contribution in [0.4, 0.5) is 4.39 Å². The van der Waals surface area contributed by atoms with Gasteiger partial charge >= 0.3 is 0 Å². The number of halogens is 2. The van der Waals surface area contributed by atoms with Gasteiger partial charge in [0.1, 0.15) is 5.82 Å². The van der Waals surface area contributed by atoms with Crippen molar-refractivity contribution in [1.29, 1.82) is 0 Å². The lowest BCUT2D eigenvalue weighted by atomic mass is 9.65. The predicted molar refractivity (Wildman–Crippen MR) is 83.7 cm³/mol. The maximum absolute atomic E-state index is 14.0. The van der Waals surface area contributed by atoms with Gasteiger partial charge < -0.3 is 5.32 Å². The normalized spacial score (nSPS) is 23.6. The zero-order chi connectivity index (χ0) is 14.8. The van der Waals surface area contributed by atoms with Gasteiger partial charge in [0.2, 0.25) is 0 Å². The zero-order valence-corrected chi connectivity index (χ0v) is 13.4. The minimum absolute atomic E-state index is 0.189. The van der Waals surface area contributed by atoms with Crippen LogP contribution in [0.1, 0.15) is 45.1 Å². The Bertz CT molecular complexity index is 458. The van der Waals surface area contributed by atoms with E-state index in [1.807, 2.05) is 13.1 Å². The summed E-state index contributed by atoms with van der Waals surface area (Å²) >= 11 is 5.83. The highest BCUT2D eigenvalue weighted by molar-refractivity contribution is 6.30. The average Bonchev–Trinajstić information content (AvgIpc) is 2.38. The summed E-state index contributed by atoms with van der Waals surface area (Å²) in [6.07, 6.45) is 5.82. The van der Waals surface area contributed by atoms with Gasteiger partial charge in [0, 0.05) is 11.1 Å². The molecular formula is C17H25ClFN. The van der Waals surface area contributed by atoms with Crippen LogP contribution in [0, 0.1) is 17.2 Å². The van der Waals surface area contributed by atoms with E-state index in [0.717, 1.165) is 12.0 Å². The first-order valence-corrected chi connectivity index (χ1v) is 7.93. The van der Waals surface area contributed by atoms with Crippen molar-refractivity contribution in [3.05, 3.63) is 34.6 Å². The van der Waals surface area contributed by atoms with Gasteiger partial charge in [-0.2, -0.15) is 0 Å². The lowest BCUT2D eigenvalue weighted by Crippen LogP contribution is -2.44. The number of likely N-dealkylation sites (N-methyl/N-ethyl adjacent to an activating group) is 1. The molecule has 0 bridgehead atoms. The Hall–Kier alpha value is -0.600. The molecule has 1 aromatic carbocycles. The predicted octanol–water partition coefficient (Wildman–Crippen LogP) is 4.83. The number of nitrogens with one attached hydrogen (secondary N) is 1. The molecule has 2 unspecified atom stereocenters. The highest BCUT2D eigenvalue weighted by atomic mass is 35.5. The molecule has 0 aliphatic heterocycles. The van der Waals surface area contributed by atoms with Crippen LogP contribution in [0.15, 0.2) is 18.2 Å². The molecule has 1 nitrogen and oxygen atoms in total. The second-order valence-electron chi connectivity index (χ2n) is 6.68. The Morgan fingerprint density at radius 1 is 1.40 bits per heavy atom. The van der Waals surface area contributed by atoms with Crippen LogP contribution in [-0.2, 0) is 6.42 Å². The van der Waals surface area contributed by atoms with E-state index < -0.39 is 0 Å². The summed E-state index contributed by atoms with van der Waals surface area (Å²) in [5.74, 6) is 0.405. The largest absolute Gasteiger partial charge is 0.316 e. The van der Waals surface area contributed by atoms with Crippen molar-refractivity contribution in [2.75, 3.05) is 7.05 Å². The van der Waals surface area contributed by atoms with Crippen LogP contribution in [0.25, 0.3) is 0 Å². The molecule has 1 N–H and O–H groups in total. The molecule has 1 aromatic rings. The number of hydrogen-bond acceptors (Lipinski definition) is 1. The first kappa shape index (κ1) is 15.8. The minimum Gasteiger partial charge on any atom is -0.316 e. The summed E-state index contributed by atoms with van der Waals surface area (Å²) in [6.45, 7) is 4.69. The molecule has 0 saturated heterocycles. The SMILES string of the molecule is CNC(Cc1ccc(Cl)cc1F)C1CCCCC1(C)C. The van der Waals surface area contributed by atoms with Crippen LogP contribution in [-0.4, -0.2) is 13.1 Å². The molecular weight excluding hydrogens is 273 g/mol. The Labute approximate surface area is 126 Å². The molecule has 2 atom stereocenters. The standard InChI is InChI=1S/C17H25ClFN/c1-17(2)9-5-4-6-14(17)16(20-3)10-12-7-8-13(18)11-15(12)19/h7-8,11,14,16,20H,4-6,9-10H2,1-3H3. The topological polar surface area (TPSA) is 12.0 Å². The molecule has 1 aliphatic carbocycles. The molecule has 3 heteroatoms. The van der Waals surface area contributed by atoms with Crippen molar-refractivity contribution >= 4 is 11.6 Å². The highest BCUT2D eigenvalue weighted by Crippen LogP contribution is 2.43. The Kier molecular flexibility index (Phi) is 5.09. The first-order valence-electron chi connectivity index (χ1n) is 7.55. The third kappa shape index (κ3) is 3.53. The number of rotatable bonds is 4.